The predicted molar refractivity (Wildman–Crippen MR) is 72.3 cm³/mol. The van der Waals surface area contributed by atoms with E-state index in [4.69, 9.17) is 0 Å². The van der Waals surface area contributed by atoms with Crippen LogP contribution in [0, 0.1) is 0 Å². The summed E-state index contributed by atoms with van der Waals surface area (Å²) in [6.07, 6.45) is 3.70. The molecular formula is C15H18N2O. The number of pyridine rings is 1. The van der Waals surface area contributed by atoms with Crippen molar-refractivity contribution < 1.29 is 5.11 Å². The van der Waals surface area contributed by atoms with Gasteiger partial charge in [-0.05, 0) is 31.0 Å². The van der Waals surface area contributed by atoms with Crippen molar-refractivity contribution in [3.8, 4) is 0 Å². The van der Waals surface area contributed by atoms with Crippen molar-refractivity contribution in [2.24, 2.45) is 0 Å². The number of piperidine rings is 1. The van der Waals surface area contributed by atoms with E-state index in [2.05, 4.69) is 34.1 Å². The Hall–Kier alpha value is -1.45. The number of benzene rings is 1. The number of hydrogen-bond donors (Lipinski definition) is 1. The number of likely N-dealkylation sites (tertiary alicyclic amines) is 1. The summed E-state index contributed by atoms with van der Waals surface area (Å²) in [6.45, 7) is 2.73. The molecule has 94 valence electrons. The van der Waals surface area contributed by atoms with Crippen molar-refractivity contribution in [2.45, 2.75) is 25.5 Å². The Morgan fingerprint density at radius 3 is 3.06 bits per heavy atom. The molecule has 1 aromatic carbocycles. The summed E-state index contributed by atoms with van der Waals surface area (Å²) in [5.74, 6) is 0. The van der Waals surface area contributed by atoms with Crippen LogP contribution in [0.3, 0.4) is 0 Å². The highest BCUT2D eigenvalue weighted by Gasteiger charge is 2.18. The smallest absolute Gasteiger partial charge is 0.0746 e. The number of hydrogen-bond acceptors (Lipinski definition) is 3. The topological polar surface area (TPSA) is 36.4 Å². The Balaban J connectivity index is 1.86. The van der Waals surface area contributed by atoms with Crippen molar-refractivity contribution in [3.63, 3.8) is 0 Å². The highest BCUT2D eigenvalue weighted by molar-refractivity contribution is 5.81. The first kappa shape index (κ1) is 11.6. The number of aliphatic hydroxyl groups excluding tert-OH is 1. The standard InChI is InChI=1S/C15H18N2O/c18-14-7-3-9-17(11-14)10-13-5-1-4-12-6-2-8-16-15(12)13/h1-2,4-6,8,14,18H,3,7,9-11H2/t14-/m0/s1. The normalized spacial score (nSPS) is 21.3. The summed E-state index contributed by atoms with van der Waals surface area (Å²) in [7, 11) is 0. The van der Waals surface area contributed by atoms with Crippen molar-refractivity contribution in [1.29, 1.82) is 0 Å². The van der Waals surface area contributed by atoms with Gasteiger partial charge in [-0.25, -0.2) is 0 Å². The second kappa shape index (κ2) is 5.04. The Morgan fingerprint density at radius 2 is 2.17 bits per heavy atom. The van der Waals surface area contributed by atoms with E-state index in [1.54, 1.807) is 0 Å². The molecule has 0 radical (unpaired) electrons. The Bertz CT molecular complexity index is 536. The van der Waals surface area contributed by atoms with E-state index in [-0.39, 0.29) is 6.10 Å². The van der Waals surface area contributed by atoms with E-state index in [1.807, 2.05) is 12.3 Å². The van der Waals surface area contributed by atoms with Gasteiger partial charge in [0.15, 0.2) is 0 Å². The highest BCUT2D eigenvalue weighted by Crippen LogP contribution is 2.19. The third-order valence-electron chi connectivity index (χ3n) is 3.59. The molecule has 1 aliphatic rings. The van der Waals surface area contributed by atoms with Crippen LogP contribution in [0.15, 0.2) is 36.5 Å². The molecule has 2 aromatic rings. The third-order valence-corrected chi connectivity index (χ3v) is 3.59. The molecule has 2 heterocycles. The molecule has 0 amide bonds. The SMILES string of the molecule is O[C@H]1CCCN(Cc2cccc3cccnc23)C1. The summed E-state index contributed by atoms with van der Waals surface area (Å²) in [5.41, 5.74) is 2.34. The van der Waals surface area contributed by atoms with Crippen molar-refractivity contribution >= 4 is 10.9 Å². The average molecular weight is 242 g/mol. The number of aromatic nitrogens is 1. The first-order valence-corrected chi connectivity index (χ1v) is 6.56. The average Bonchev–Trinajstić information content (AvgIpc) is 2.39. The van der Waals surface area contributed by atoms with Gasteiger partial charge in [0.25, 0.3) is 0 Å². The van der Waals surface area contributed by atoms with Gasteiger partial charge in [-0.1, -0.05) is 24.3 Å². The van der Waals surface area contributed by atoms with Crippen LogP contribution in [0.25, 0.3) is 10.9 Å². The van der Waals surface area contributed by atoms with Gasteiger partial charge in [-0.2, -0.15) is 0 Å². The lowest BCUT2D eigenvalue weighted by Crippen LogP contribution is -2.37. The van der Waals surface area contributed by atoms with Crippen LogP contribution in [-0.4, -0.2) is 34.2 Å². The van der Waals surface area contributed by atoms with E-state index in [9.17, 15) is 5.11 Å². The third kappa shape index (κ3) is 2.37. The lowest BCUT2D eigenvalue weighted by atomic mass is 10.1. The molecule has 1 fully saturated rings. The van der Waals surface area contributed by atoms with Gasteiger partial charge in [0.1, 0.15) is 0 Å². The van der Waals surface area contributed by atoms with E-state index < -0.39 is 0 Å². The fourth-order valence-corrected chi connectivity index (χ4v) is 2.71. The predicted octanol–water partition coefficient (Wildman–Crippen LogP) is 2.19. The zero-order valence-electron chi connectivity index (χ0n) is 10.4. The van der Waals surface area contributed by atoms with Crippen LogP contribution >= 0.6 is 0 Å². The molecule has 0 saturated carbocycles. The molecule has 0 spiro atoms. The van der Waals surface area contributed by atoms with E-state index >= 15 is 0 Å². The fraction of sp³-hybridized carbons (Fsp3) is 0.400. The number of aliphatic hydroxyl groups is 1. The number of nitrogens with zero attached hydrogens (tertiary/aromatic N) is 2. The molecule has 1 saturated heterocycles. The van der Waals surface area contributed by atoms with Crippen molar-refractivity contribution in [3.05, 3.63) is 42.1 Å². The van der Waals surface area contributed by atoms with Crippen molar-refractivity contribution in [2.75, 3.05) is 13.1 Å². The number of para-hydroxylation sites is 1. The molecule has 3 heteroatoms. The van der Waals surface area contributed by atoms with Gasteiger partial charge >= 0.3 is 0 Å². The molecular weight excluding hydrogens is 224 g/mol. The minimum Gasteiger partial charge on any atom is -0.392 e. The quantitative estimate of drug-likeness (QED) is 0.877. The minimum absolute atomic E-state index is 0.165. The molecule has 0 aliphatic carbocycles. The Labute approximate surface area is 107 Å². The summed E-state index contributed by atoms with van der Waals surface area (Å²) in [5, 5.41) is 10.9. The van der Waals surface area contributed by atoms with E-state index in [0.717, 1.165) is 38.0 Å². The largest absolute Gasteiger partial charge is 0.392 e. The summed E-state index contributed by atoms with van der Waals surface area (Å²) in [6, 6.07) is 10.4. The number of β-amino-alcohol motifs (C(OH)–C–C–N with tert-alkyl or cyclic N) is 1. The summed E-state index contributed by atoms with van der Waals surface area (Å²) >= 11 is 0. The summed E-state index contributed by atoms with van der Waals surface area (Å²) < 4.78 is 0. The van der Waals surface area contributed by atoms with Crippen LogP contribution in [0.5, 0.6) is 0 Å². The van der Waals surface area contributed by atoms with Gasteiger partial charge in [-0.3, -0.25) is 9.88 Å². The number of fused-ring (bicyclic) bond motifs is 1. The first-order valence-electron chi connectivity index (χ1n) is 6.56. The molecule has 1 aliphatic heterocycles. The molecule has 0 unspecified atom stereocenters. The maximum atomic E-state index is 9.71. The molecule has 0 bridgehead atoms. The fourth-order valence-electron chi connectivity index (χ4n) is 2.71. The van der Waals surface area contributed by atoms with Gasteiger partial charge in [0.05, 0.1) is 11.6 Å². The molecule has 1 aromatic heterocycles. The Kier molecular flexibility index (Phi) is 3.26. The van der Waals surface area contributed by atoms with Crippen LogP contribution in [0.4, 0.5) is 0 Å². The molecule has 18 heavy (non-hydrogen) atoms. The van der Waals surface area contributed by atoms with Gasteiger partial charge in [0, 0.05) is 24.7 Å². The first-order chi connectivity index (χ1) is 8.83. The second-order valence-corrected chi connectivity index (χ2v) is 5.02. The van der Waals surface area contributed by atoms with Crippen LogP contribution in [0.2, 0.25) is 0 Å². The zero-order valence-corrected chi connectivity index (χ0v) is 10.4. The minimum atomic E-state index is -0.165. The van der Waals surface area contributed by atoms with Crippen molar-refractivity contribution in [1.82, 2.24) is 9.88 Å². The van der Waals surface area contributed by atoms with Gasteiger partial charge in [0.2, 0.25) is 0 Å². The van der Waals surface area contributed by atoms with Crippen LogP contribution in [-0.2, 0) is 6.54 Å². The molecule has 1 N–H and O–H groups in total. The van der Waals surface area contributed by atoms with Gasteiger partial charge in [-0.15, -0.1) is 0 Å². The zero-order chi connectivity index (χ0) is 12.4. The summed E-state index contributed by atoms with van der Waals surface area (Å²) in [4.78, 5) is 6.79. The van der Waals surface area contributed by atoms with Gasteiger partial charge < -0.3 is 5.11 Å². The lowest BCUT2D eigenvalue weighted by molar-refractivity contribution is 0.0670. The van der Waals surface area contributed by atoms with Crippen LogP contribution in [0.1, 0.15) is 18.4 Å². The number of rotatable bonds is 2. The molecule has 1 atom stereocenters. The van der Waals surface area contributed by atoms with Crippen LogP contribution < -0.4 is 0 Å². The maximum Gasteiger partial charge on any atom is 0.0746 e. The second-order valence-electron chi connectivity index (χ2n) is 5.02. The molecule has 3 rings (SSSR count). The Morgan fingerprint density at radius 1 is 1.28 bits per heavy atom. The lowest BCUT2D eigenvalue weighted by Gasteiger charge is -2.30. The van der Waals surface area contributed by atoms with E-state index in [0.29, 0.717) is 0 Å². The molecule has 3 nitrogen and oxygen atoms in total. The van der Waals surface area contributed by atoms with E-state index in [1.165, 1.54) is 10.9 Å². The highest BCUT2D eigenvalue weighted by atomic mass is 16.3. The monoisotopic (exact) mass is 242 g/mol. The maximum absolute atomic E-state index is 9.71.